The van der Waals surface area contributed by atoms with E-state index in [1.54, 1.807) is 11.3 Å². The van der Waals surface area contributed by atoms with Crippen LogP contribution in [0.5, 0.6) is 0 Å². The summed E-state index contributed by atoms with van der Waals surface area (Å²) in [5.41, 5.74) is 1.38. The molecule has 1 aromatic carbocycles. The smallest absolute Gasteiger partial charge is 0.335 e. The van der Waals surface area contributed by atoms with Crippen LogP contribution < -0.4 is 5.32 Å². The second-order valence-corrected chi connectivity index (χ2v) is 6.79. The molecule has 0 saturated carbocycles. The summed E-state index contributed by atoms with van der Waals surface area (Å²) in [6.45, 7) is 0. The van der Waals surface area contributed by atoms with Gasteiger partial charge in [0.1, 0.15) is 5.82 Å². The summed E-state index contributed by atoms with van der Waals surface area (Å²) >= 11 is 7.61. The van der Waals surface area contributed by atoms with Gasteiger partial charge in [-0.1, -0.05) is 11.6 Å². The number of carboxylic acids is 1. The molecule has 6 heteroatoms. The molecule has 110 valence electrons. The van der Waals surface area contributed by atoms with E-state index in [1.807, 2.05) is 6.07 Å². The lowest BCUT2D eigenvalue weighted by molar-refractivity contribution is 0.0697. The summed E-state index contributed by atoms with van der Waals surface area (Å²) in [5.74, 6) is -1.52. The van der Waals surface area contributed by atoms with Crippen LogP contribution in [0.2, 0.25) is 4.34 Å². The van der Waals surface area contributed by atoms with Gasteiger partial charge in [-0.15, -0.1) is 11.3 Å². The Kier molecular flexibility index (Phi) is 3.87. The summed E-state index contributed by atoms with van der Waals surface area (Å²) in [6, 6.07) is 5.65. The highest BCUT2D eigenvalue weighted by molar-refractivity contribution is 7.16. The lowest BCUT2D eigenvalue weighted by atomic mass is 9.93. The van der Waals surface area contributed by atoms with Gasteiger partial charge >= 0.3 is 5.97 Å². The molecule has 1 atom stereocenters. The molecule has 1 heterocycles. The third-order valence-electron chi connectivity index (χ3n) is 3.63. The van der Waals surface area contributed by atoms with Gasteiger partial charge in [-0.05, 0) is 49.1 Å². The predicted octanol–water partition coefficient (Wildman–Crippen LogP) is 4.73. The Balaban J connectivity index is 1.91. The highest BCUT2D eigenvalue weighted by atomic mass is 35.5. The first kappa shape index (κ1) is 14.4. The number of anilines is 1. The fraction of sp³-hybridized carbons (Fsp3) is 0.267. The van der Waals surface area contributed by atoms with Gasteiger partial charge in [0.15, 0.2) is 0 Å². The Hall–Kier alpha value is -1.59. The quantitative estimate of drug-likeness (QED) is 0.857. The van der Waals surface area contributed by atoms with E-state index in [-0.39, 0.29) is 17.3 Å². The molecule has 0 fully saturated rings. The monoisotopic (exact) mass is 325 g/mol. The number of fused-ring (bicyclic) bond motifs is 1. The van der Waals surface area contributed by atoms with Crippen molar-refractivity contribution in [2.75, 3.05) is 5.32 Å². The van der Waals surface area contributed by atoms with E-state index in [9.17, 15) is 9.18 Å². The zero-order valence-corrected chi connectivity index (χ0v) is 12.6. The van der Waals surface area contributed by atoms with Crippen LogP contribution in [-0.4, -0.2) is 11.1 Å². The standard InChI is InChI=1S/C15H13ClFNO2S/c16-14-7-9-11(2-1-3-13(9)21-14)18-12-6-8(15(19)20)4-5-10(12)17/h4-7,11,18H,1-3H2,(H,19,20). The number of hydrogen-bond acceptors (Lipinski definition) is 3. The van der Waals surface area contributed by atoms with Gasteiger partial charge in [0.2, 0.25) is 0 Å². The number of carbonyl (C=O) groups is 1. The summed E-state index contributed by atoms with van der Waals surface area (Å²) in [5, 5.41) is 12.1. The fourth-order valence-electron chi connectivity index (χ4n) is 2.63. The predicted molar refractivity (Wildman–Crippen MR) is 82.0 cm³/mol. The molecule has 0 saturated heterocycles. The third-order valence-corrected chi connectivity index (χ3v) is 4.97. The lowest BCUT2D eigenvalue weighted by Gasteiger charge is -2.25. The molecule has 3 nitrogen and oxygen atoms in total. The van der Waals surface area contributed by atoms with Crippen LogP contribution in [0.4, 0.5) is 10.1 Å². The Morgan fingerprint density at radius 3 is 3.00 bits per heavy atom. The molecule has 21 heavy (non-hydrogen) atoms. The topological polar surface area (TPSA) is 49.3 Å². The van der Waals surface area contributed by atoms with Gasteiger partial charge in [-0.2, -0.15) is 0 Å². The van der Waals surface area contributed by atoms with Gasteiger partial charge in [0.25, 0.3) is 0 Å². The van der Waals surface area contributed by atoms with Gasteiger partial charge in [-0.25, -0.2) is 9.18 Å². The molecule has 0 bridgehead atoms. The maximum Gasteiger partial charge on any atom is 0.335 e. The molecule has 0 aliphatic heterocycles. The number of halogens is 2. The van der Waals surface area contributed by atoms with Crippen molar-refractivity contribution < 1.29 is 14.3 Å². The van der Waals surface area contributed by atoms with Crippen molar-refractivity contribution in [3.63, 3.8) is 0 Å². The third kappa shape index (κ3) is 2.89. The van der Waals surface area contributed by atoms with Crippen molar-refractivity contribution in [3.8, 4) is 0 Å². The first-order chi connectivity index (χ1) is 10.0. The van der Waals surface area contributed by atoms with E-state index in [2.05, 4.69) is 5.32 Å². The molecule has 0 spiro atoms. The Labute approximate surface area is 130 Å². The summed E-state index contributed by atoms with van der Waals surface area (Å²) in [6.07, 6.45) is 2.86. The van der Waals surface area contributed by atoms with E-state index in [1.165, 1.54) is 23.1 Å². The van der Waals surface area contributed by atoms with E-state index in [0.717, 1.165) is 29.2 Å². The Morgan fingerprint density at radius 2 is 2.24 bits per heavy atom. The number of hydrogen-bond donors (Lipinski definition) is 2. The van der Waals surface area contributed by atoms with Crippen LogP contribution in [0.1, 0.15) is 39.7 Å². The highest BCUT2D eigenvalue weighted by Crippen LogP contribution is 2.39. The van der Waals surface area contributed by atoms with Crippen LogP contribution in [0, 0.1) is 5.82 Å². The average molecular weight is 326 g/mol. The Morgan fingerprint density at radius 1 is 1.43 bits per heavy atom. The number of thiophene rings is 1. The normalized spacial score (nSPS) is 17.3. The molecular weight excluding hydrogens is 313 g/mol. The van der Waals surface area contributed by atoms with Crippen LogP contribution in [0.15, 0.2) is 24.3 Å². The summed E-state index contributed by atoms with van der Waals surface area (Å²) < 4.78 is 14.6. The first-order valence-corrected chi connectivity index (χ1v) is 7.81. The van der Waals surface area contributed by atoms with Gasteiger partial charge in [0.05, 0.1) is 21.6 Å². The minimum absolute atomic E-state index is 0.0314. The number of rotatable bonds is 3. The van der Waals surface area contributed by atoms with Crippen molar-refractivity contribution in [3.05, 3.63) is 50.4 Å². The second-order valence-electron chi connectivity index (χ2n) is 5.02. The van der Waals surface area contributed by atoms with Gasteiger partial charge < -0.3 is 10.4 Å². The van der Waals surface area contributed by atoms with Crippen molar-refractivity contribution >= 4 is 34.6 Å². The molecule has 1 aliphatic carbocycles. The van der Waals surface area contributed by atoms with Gasteiger partial charge in [-0.3, -0.25) is 0 Å². The Bertz CT molecular complexity index is 701. The van der Waals surface area contributed by atoms with Crippen LogP contribution in [0.25, 0.3) is 0 Å². The number of aryl methyl sites for hydroxylation is 1. The number of nitrogens with one attached hydrogen (secondary N) is 1. The highest BCUT2D eigenvalue weighted by Gasteiger charge is 2.23. The molecule has 1 aliphatic rings. The van der Waals surface area contributed by atoms with Crippen LogP contribution >= 0.6 is 22.9 Å². The first-order valence-electron chi connectivity index (χ1n) is 6.62. The van der Waals surface area contributed by atoms with E-state index < -0.39 is 11.8 Å². The van der Waals surface area contributed by atoms with Crippen molar-refractivity contribution in [2.45, 2.75) is 25.3 Å². The summed E-state index contributed by atoms with van der Waals surface area (Å²) in [7, 11) is 0. The zero-order chi connectivity index (χ0) is 15.0. The molecule has 3 rings (SSSR count). The van der Waals surface area contributed by atoms with E-state index in [4.69, 9.17) is 16.7 Å². The minimum atomic E-state index is -1.07. The van der Waals surface area contributed by atoms with Gasteiger partial charge in [0, 0.05) is 4.88 Å². The SMILES string of the molecule is O=C(O)c1ccc(F)c(NC2CCCc3sc(Cl)cc32)c1. The number of benzene rings is 1. The number of carboxylic acid groups (broad SMARTS) is 1. The molecule has 0 amide bonds. The second kappa shape index (κ2) is 5.66. The molecule has 2 N–H and O–H groups in total. The molecule has 0 radical (unpaired) electrons. The van der Waals surface area contributed by atoms with Crippen molar-refractivity contribution in [1.82, 2.24) is 0 Å². The number of aromatic carboxylic acids is 1. The maximum atomic E-state index is 13.9. The average Bonchev–Trinajstić information content (AvgIpc) is 2.82. The molecule has 1 aromatic heterocycles. The van der Waals surface area contributed by atoms with Crippen molar-refractivity contribution in [1.29, 1.82) is 0 Å². The molecular formula is C15H13ClFNO2S. The molecule has 1 unspecified atom stereocenters. The van der Waals surface area contributed by atoms with E-state index >= 15 is 0 Å². The van der Waals surface area contributed by atoms with Crippen molar-refractivity contribution in [2.24, 2.45) is 0 Å². The van der Waals surface area contributed by atoms with Crippen LogP contribution in [-0.2, 0) is 6.42 Å². The van der Waals surface area contributed by atoms with E-state index in [0.29, 0.717) is 0 Å². The minimum Gasteiger partial charge on any atom is -0.478 e. The lowest BCUT2D eigenvalue weighted by Crippen LogP contribution is -2.16. The fourth-order valence-corrected chi connectivity index (χ4v) is 4.01. The maximum absolute atomic E-state index is 13.9. The summed E-state index contributed by atoms with van der Waals surface area (Å²) in [4.78, 5) is 12.2. The largest absolute Gasteiger partial charge is 0.478 e. The zero-order valence-electron chi connectivity index (χ0n) is 11.0. The van der Waals surface area contributed by atoms with Crippen LogP contribution in [0.3, 0.4) is 0 Å². The molecule has 2 aromatic rings.